The van der Waals surface area contributed by atoms with Gasteiger partial charge in [0.15, 0.2) is 0 Å². The maximum atomic E-state index is 9.58. The van der Waals surface area contributed by atoms with Crippen molar-refractivity contribution in [3.05, 3.63) is 324 Å². The van der Waals surface area contributed by atoms with Gasteiger partial charge in [0.05, 0.1) is 22.3 Å². The molecule has 0 amide bonds. The molecule has 0 saturated carbocycles. The van der Waals surface area contributed by atoms with E-state index in [9.17, 15) is 5.41 Å². The minimum absolute atomic E-state index is 0.272. The molecule has 11 aromatic carbocycles. The third-order valence-corrected chi connectivity index (χ3v) is 17.1. The van der Waals surface area contributed by atoms with E-state index >= 15 is 0 Å². The second-order valence-corrected chi connectivity index (χ2v) is 20.6. The number of allylic oxidation sites excluding steroid dienone is 6. The smallest absolute Gasteiger partial charge is 0.0725 e. The van der Waals surface area contributed by atoms with Crippen LogP contribution in [0.15, 0.2) is 274 Å². The van der Waals surface area contributed by atoms with Crippen LogP contribution in [-0.2, 0) is 10.8 Å². The van der Waals surface area contributed by atoms with Crippen LogP contribution < -0.4 is 0 Å². The molecule has 4 aliphatic carbocycles. The molecule has 2 nitrogen and oxygen atoms in total. The standard InChI is InChI=1S/C74H48N2/c1-3-4-33-69(75)45(2)34-41-70(76)46-35-40-59-60(42-46)72(48-37-39-56-54-24-12-18-32-66(54)74(68(56)44-48)63-29-15-9-21-51(63)52-22-10-16-30-64(52)74)58-26-6-5-25-57(58)71(59)47-36-38-55-53-23-11-17-31-65(53)73(67(55)43-47)61-27-13-7-19-49(61)50-20-8-14-28-62(50)73/h3-44,75-76H,1-2H2/b33-4-,41-34-,75-69?,76-70?. The molecule has 0 fully saturated rings. The van der Waals surface area contributed by atoms with Gasteiger partial charge >= 0.3 is 0 Å². The highest BCUT2D eigenvalue weighted by Gasteiger charge is 2.53. The summed E-state index contributed by atoms with van der Waals surface area (Å²) in [6, 6.07) is 83.9. The summed E-state index contributed by atoms with van der Waals surface area (Å²) in [7, 11) is 0. The molecule has 0 aliphatic heterocycles. The first kappa shape index (κ1) is 43.8. The van der Waals surface area contributed by atoms with Gasteiger partial charge in [0, 0.05) is 5.56 Å². The van der Waals surface area contributed by atoms with Gasteiger partial charge in [-0.15, -0.1) is 0 Å². The topological polar surface area (TPSA) is 47.7 Å². The van der Waals surface area contributed by atoms with Gasteiger partial charge in [-0.3, -0.25) is 0 Å². The first-order valence-electron chi connectivity index (χ1n) is 26.1. The molecule has 354 valence electrons. The summed E-state index contributed by atoms with van der Waals surface area (Å²) < 4.78 is 0. The van der Waals surface area contributed by atoms with E-state index in [1.807, 2.05) is 0 Å². The summed E-state index contributed by atoms with van der Waals surface area (Å²) in [5.74, 6) is 0. The van der Waals surface area contributed by atoms with E-state index in [0.717, 1.165) is 44.0 Å². The molecule has 11 aromatic rings. The Balaban J connectivity index is 1.00. The first-order valence-corrected chi connectivity index (χ1v) is 26.1. The summed E-state index contributed by atoms with van der Waals surface area (Å²) in [5.41, 5.74) is 26.1. The summed E-state index contributed by atoms with van der Waals surface area (Å²) in [6.07, 6.45) is 8.58. The lowest BCUT2D eigenvalue weighted by atomic mass is 9.70. The lowest BCUT2D eigenvalue weighted by Crippen LogP contribution is -2.25. The Bertz CT molecular complexity index is 4370. The maximum Gasteiger partial charge on any atom is 0.0725 e. The number of nitrogens with one attached hydrogen (secondary N) is 2. The Morgan fingerprint density at radius 3 is 1.11 bits per heavy atom. The molecule has 2 N–H and O–H groups in total. The van der Waals surface area contributed by atoms with Crippen LogP contribution >= 0.6 is 0 Å². The summed E-state index contributed by atoms with van der Waals surface area (Å²) in [5, 5.41) is 22.6. The highest BCUT2D eigenvalue weighted by atomic mass is 14.5. The van der Waals surface area contributed by atoms with E-state index in [-0.39, 0.29) is 5.71 Å². The van der Waals surface area contributed by atoms with Gasteiger partial charge in [-0.05, 0) is 169 Å². The molecule has 0 aromatic heterocycles. The minimum atomic E-state index is -0.509. The van der Waals surface area contributed by atoms with Gasteiger partial charge in [-0.1, -0.05) is 238 Å². The lowest BCUT2D eigenvalue weighted by molar-refractivity contribution is 0.794. The fourth-order valence-electron chi connectivity index (χ4n) is 14.1. The van der Waals surface area contributed by atoms with Crippen LogP contribution in [0.25, 0.3) is 88.3 Å². The second-order valence-electron chi connectivity index (χ2n) is 20.6. The quantitative estimate of drug-likeness (QED) is 0.0866. The van der Waals surface area contributed by atoms with Crippen molar-refractivity contribution < 1.29 is 0 Å². The summed E-state index contributed by atoms with van der Waals surface area (Å²) in [6.45, 7) is 7.91. The average molecular weight is 965 g/mol. The maximum absolute atomic E-state index is 9.58. The molecular formula is C74H48N2. The zero-order valence-corrected chi connectivity index (χ0v) is 41.7. The zero-order chi connectivity index (χ0) is 50.9. The molecule has 0 saturated heterocycles. The molecule has 2 heteroatoms. The van der Waals surface area contributed by atoms with Gasteiger partial charge < -0.3 is 10.8 Å². The highest BCUT2D eigenvalue weighted by molar-refractivity contribution is 6.23. The Morgan fingerprint density at radius 2 is 0.697 bits per heavy atom. The van der Waals surface area contributed by atoms with E-state index < -0.39 is 10.8 Å². The van der Waals surface area contributed by atoms with Crippen molar-refractivity contribution in [3.8, 4) is 66.8 Å². The number of rotatable bonds is 8. The lowest BCUT2D eigenvalue weighted by Gasteiger charge is -2.31. The van der Waals surface area contributed by atoms with Crippen LogP contribution in [0, 0.1) is 10.8 Å². The molecule has 0 unspecified atom stereocenters. The second kappa shape index (κ2) is 16.4. The highest BCUT2D eigenvalue weighted by Crippen LogP contribution is 2.65. The normalized spacial score (nSPS) is 14.1. The average Bonchev–Trinajstić information content (AvgIpc) is 4.23. The molecule has 0 bridgehead atoms. The number of hydrogen-bond donors (Lipinski definition) is 2. The van der Waals surface area contributed by atoms with Crippen molar-refractivity contribution in [2.45, 2.75) is 10.8 Å². The summed E-state index contributed by atoms with van der Waals surface area (Å²) in [4.78, 5) is 0. The SMILES string of the molecule is C=C/C=C\C(=N)C(=C)/C=C\C(=N)c1ccc2c(-c3ccc4c(c3)C3(c5ccccc5-c5ccccc53)c3ccccc3-4)c3ccccc3c(-c3ccc4c(c3)C3(c5ccccc5-c5ccccc53)c3ccccc3-4)c2c1. The zero-order valence-electron chi connectivity index (χ0n) is 41.7. The van der Waals surface area contributed by atoms with Gasteiger partial charge in [0.25, 0.3) is 0 Å². The third kappa shape index (κ3) is 5.76. The molecule has 15 rings (SSSR count). The van der Waals surface area contributed by atoms with Crippen molar-refractivity contribution in [2.24, 2.45) is 0 Å². The van der Waals surface area contributed by atoms with Crippen LogP contribution in [0.3, 0.4) is 0 Å². The van der Waals surface area contributed by atoms with Crippen molar-refractivity contribution in [1.29, 1.82) is 10.8 Å². The van der Waals surface area contributed by atoms with E-state index in [2.05, 4.69) is 238 Å². The Kier molecular flexibility index (Phi) is 9.43. The van der Waals surface area contributed by atoms with E-state index in [0.29, 0.717) is 11.3 Å². The molecule has 4 aliphatic rings. The predicted molar refractivity (Wildman–Crippen MR) is 317 cm³/mol. The molecule has 0 atom stereocenters. The predicted octanol–water partition coefficient (Wildman–Crippen LogP) is 18.3. The van der Waals surface area contributed by atoms with Crippen LogP contribution in [-0.4, -0.2) is 11.4 Å². The molecule has 2 spiro atoms. The number of hydrogen-bond acceptors (Lipinski definition) is 2. The Hall–Kier alpha value is -9.76. The Morgan fingerprint density at radius 1 is 0.342 bits per heavy atom. The summed E-state index contributed by atoms with van der Waals surface area (Å²) >= 11 is 0. The van der Waals surface area contributed by atoms with Crippen molar-refractivity contribution in [2.75, 3.05) is 0 Å². The molecule has 0 radical (unpaired) electrons. The van der Waals surface area contributed by atoms with Crippen LogP contribution in [0.1, 0.15) is 50.1 Å². The van der Waals surface area contributed by atoms with Crippen molar-refractivity contribution >= 4 is 33.0 Å². The van der Waals surface area contributed by atoms with E-state index in [1.54, 1.807) is 30.4 Å². The Labute approximate surface area is 442 Å². The largest absolute Gasteiger partial charge is 0.300 e. The van der Waals surface area contributed by atoms with Crippen LogP contribution in [0.4, 0.5) is 0 Å². The van der Waals surface area contributed by atoms with E-state index in [4.69, 9.17) is 5.41 Å². The number of fused-ring (bicyclic) bond motifs is 22. The van der Waals surface area contributed by atoms with Gasteiger partial charge in [-0.2, -0.15) is 0 Å². The van der Waals surface area contributed by atoms with Crippen molar-refractivity contribution in [3.63, 3.8) is 0 Å². The van der Waals surface area contributed by atoms with Gasteiger partial charge in [0.2, 0.25) is 0 Å². The minimum Gasteiger partial charge on any atom is -0.300 e. The fraction of sp³-hybridized carbons (Fsp3) is 0.0270. The first-order chi connectivity index (χ1) is 37.4. The van der Waals surface area contributed by atoms with Crippen LogP contribution in [0.5, 0.6) is 0 Å². The molecular weight excluding hydrogens is 917 g/mol. The van der Waals surface area contributed by atoms with Crippen LogP contribution in [0.2, 0.25) is 0 Å². The van der Waals surface area contributed by atoms with Crippen molar-refractivity contribution in [1.82, 2.24) is 0 Å². The molecule has 76 heavy (non-hydrogen) atoms. The van der Waals surface area contributed by atoms with Gasteiger partial charge in [0.1, 0.15) is 0 Å². The fourth-order valence-corrected chi connectivity index (χ4v) is 14.1. The third-order valence-electron chi connectivity index (χ3n) is 17.1. The monoisotopic (exact) mass is 964 g/mol. The number of benzene rings is 11. The van der Waals surface area contributed by atoms with E-state index in [1.165, 1.54) is 94.4 Å². The molecule has 0 heterocycles. The van der Waals surface area contributed by atoms with Gasteiger partial charge in [-0.25, -0.2) is 0 Å².